The van der Waals surface area contributed by atoms with Gasteiger partial charge in [-0.05, 0) is 19.1 Å². The zero-order chi connectivity index (χ0) is 15.6. The first-order valence-electron chi connectivity index (χ1n) is 6.03. The summed E-state index contributed by atoms with van der Waals surface area (Å²) in [7, 11) is 0. The van der Waals surface area contributed by atoms with Crippen molar-refractivity contribution in [1.29, 1.82) is 0 Å². The molecule has 0 bridgehead atoms. The maximum Gasteiger partial charge on any atom is 0.356 e. The highest BCUT2D eigenvalue weighted by atomic mass is 19.2. The zero-order valence-corrected chi connectivity index (χ0v) is 11.0. The molecule has 8 heteroatoms. The third-order valence-corrected chi connectivity index (χ3v) is 2.74. The van der Waals surface area contributed by atoms with E-state index < -0.39 is 41.1 Å². The third kappa shape index (κ3) is 2.99. The maximum absolute atomic E-state index is 13.5. The van der Waals surface area contributed by atoms with Gasteiger partial charge in [-0.25, -0.2) is 22.6 Å². The molecule has 0 spiro atoms. The van der Waals surface area contributed by atoms with Gasteiger partial charge in [0.1, 0.15) is 11.5 Å². The SMILES string of the molecule is CCOC(=O)c1cc(=O)n(Cc2c(F)ccc(F)c2F)[nH]1. The highest BCUT2D eigenvalue weighted by Crippen LogP contribution is 2.16. The van der Waals surface area contributed by atoms with Crippen LogP contribution in [-0.2, 0) is 11.3 Å². The summed E-state index contributed by atoms with van der Waals surface area (Å²) in [6.07, 6.45) is 0. The number of aromatic nitrogens is 2. The van der Waals surface area contributed by atoms with Crippen LogP contribution in [0.4, 0.5) is 13.2 Å². The molecule has 0 amide bonds. The average molecular weight is 300 g/mol. The Balaban J connectivity index is 2.35. The Kier molecular flexibility index (Phi) is 4.15. The number of hydrogen-bond donors (Lipinski definition) is 1. The second kappa shape index (κ2) is 5.86. The molecule has 112 valence electrons. The predicted octanol–water partition coefficient (Wildman–Crippen LogP) is 1.82. The van der Waals surface area contributed by atoms with Gasteiger partial charge in [-0.2, -0.15) is 0 Å². The molecule has 0 radical (unpaired) electrons. The fourth-order valence-electron chi connectivity index (χ4n) is 1.74. The van der Waals surface area contributed by atoms with E-state index in [1.165, 1.54) is 0 Å². The van der Waals surface area contributed by atoms with Crippen LogP contribution < -0.4 is 5.56 Å². The molecular formula is C13H11F3N2O3. The lowest BCUT2D eigenvalue weighted by Gasteiger charge is -2.06. The Morgan fingerprint density at radius 2 is 1.95 bits per heavy atom. The Morgan fingerprint density at radius 3 is 2.62 bits per heavy atom. The molecule has 0 aliphatic rings. The van der Waals surface area contributed by atoms with Crippen molar-refractivity contribution in [2.45, 2.75) is 13.5 Å². The summed E-state index contributed by atoms with van der Waals surface area (Å²) in [5.74, 6) is -4.37. The van der Waals surface area contributed by atoms with Crippen molar-refractivity contribution >= 4 is 5.97 Å². The van der Waals surface area contributed by atoms with Crippen molar-refractivity contribution < 1.29 is 22.7 Å². The topological polar surface area (TPSA) is 64.1 Å². The van der Waals surface area contributed by atoms with E-state index in [1.54, 1.807) is 6.92 Å². The number of esters is 1. The number of carbonyl (C=O) groups is 1. The lowest BCUT2D eigenvalue weighted by molar-refractivity contribution is 0.0518. The van der Waals surface area contributed by atoms with Crippen molar-refractivity contribution in [3.8, 4) is 0 Å². The van der Waals surface area contributed by atoms with Gasteiger partial charge < -0.3 is 4.74 Å². The van der Waals surface area contributed by atoms with Gasteiger partial charge in [0.2, 0.25) is 0 Å². The van der Waals surface area contributed by atoms with Crippen molar-refractivity contribution in [2.75, 3.05) is 6.61 Å². The molecule has 1 heterocycles. The number of ether oxygens (including phenoxy) is 1. The van der Waals surface area contributed by atoms with Crippen LogP contribution in [0, 0.1) is 17.5 Å². The van der Waals surface area contributed by atoms with E-state index in [4.69, 9.17) is 0 Å². The van der Waals surface area contributed by atoms with E-state index in [0.29, 0.717) is 6.07 Å². The standard InChI is InChI=1S/C13H11F3N2O3/c1-2-21-13(20)10-5-11(19)18(17-10)6-7-8(14)3-4-9(15)12(7)16/h3-5,17H,2,6H2,1H3. The van der Waals surface area contributed by atoms with Crippen LogP contribution in [0.2, 0.25) is 0 Å². The van der Waals surface area contributed by atoms with Crippen LogP contribution in [0.25, 0.3) is 0 Å². The van der Waals surface area contributed by atoms with Crippen molar-refractivity contribution in [1.82, 2.24) is 9.78 Å². The summed E-state index contributed by atoms with van der Waals surface area (Å²) in [5.41, 5.74) is -1.46. The first-order chi connectivity index (χ1) is 9.93. The maximum atomic E-state index is 13.5. The third-order valence-electron chi connectivity index (χ3n) is 2.74. The Labute approximate surface area is 116 Å². The van der Waals surface area contributed by atoms with E-state index in [-0.39, 0.29) is 12.3 Å². The van der Waals surface area contributed by atoms with E-state index in [9.17, 15) is 22.8 Å². The van der Waals surface area contributed by atoms with Crippen molar-refractivity contribution in [3.63, 3.8) is 0 Å². The molecule has 5 nitrogen and oxygen atoms in total. The molecule has 0 aliphatic heterocycles. The van der Waals surface area contributed by atoms with Crippen LogP contribution in [0.1, 0.15) is 23.0 Å². The van der Waals surface area contributed by atoms with Gasteiger partial charge in [0.15, 0.2) is 11.6 Å². The number of H-pyrrole nitrogens is 1. The van der Waals surface area contributed by atoms with Gasteiger partial charge in [-0.1, -0.05) is 0 Å². The summed E-state index contributed by atoms with van der Waals surface area (Å²) in [4.78, 5) is 23.1. The number of rotatable bonds is 4. The van der Waals surface area contributed by atoms with Gasteiger partial charge in [-0.3, -0.25) is 9.89 Å². The van der Waals surface area contributed by atoms with Crippen LogP contribution >= 0.6 is 0 Å². The molecule has 0 unspecified atom stereocenters. The van der Waals surface area contributed by atoms with E-state index >= 15 is 0 Å². The van der Waals surface area contributed by atoms with Crippen molar-refractivity contribution in [3.05, 3.63) is 57.3 Å². The molecule has 2 aromatic rings. The largest absolute Gasteiger partial charge is 0.461 e. The Hall–Kier alpha value is -2.51. The lowest BCUT2D eigenvalue weighted by Crippen LogP contribution is -2.18. The monoisotopic (exact) mass is 300 g/mol. The quantitative estimate of drug-likeness (QED) is 0.692. The first kappa shape index (κ1) is 14.9. The minimum atomic E-state index is -1.38. The summed E-state index contributed by atoms with van der Waals surface area (Å²) in [6, 6.07) is 2.34. The zero-order valence-electron chi connectivity index (χ0n) is 11.0. The van der Waals surface area contributed by atoms with Gasteiger partial charge in [0, 0.05) is 11.6 Å². The number of nitrogens with zero attached hydrogens (tertiary/aromatic N) is 1. The number of benzene rings is 1. The second-order valence-corrected chi connectivity index (χ2v) is 4.14. The summed E-state index contributed by atoms with van der Waals surface area (Å²) < 4.78 is 45.6. The number of aromatic amines is 1. The molecule has 0 saturated heterocycles. The number of halogens is 3. The summed E-state index contributed by atoms with van der Waals surface area (Å²) in [5, 5.41) is 2.36. The van der Waals surface area contributed by atoms with Crippen LogP contribution in [-0.4, -0.2) is 22.4 Å². The molecule has 0 fully saturated rings. The fraction of sp³-hybridized carbons (Fsp3) is 0.231. The van der Waals surface area contributed by atoms with E-state index in [0.717, 1.165) is 16.8 Å². The highest BCUT2D eigenvalue weighted by Gasteiger charge is 2.17. The molecule has 0 atom stereocenters. The molecule has 0 aliphatic carbocycles. The molecule has 0 saturated carbocycles. The average Bonchev–Trinajstić information content (AvgIpc) is 2.81. The normalized spacial score (nSPS) is 10.7. The molecule has 1 N–H and O–H groups in total. The first-order valence-corrected chi connectivity index (χ1v) is 6.03. The fourth-order valence-corrected chi connectivity index (χ4v) is 1.74. The second-order valence-electron chi connectivity index (χ2n) is 4.14. The molecule has 2 rings (SSSR count). The van der Waals surface area contributed by atoms with Gasteiger partial charge in [-0.15, -0.1) is 0 Å². The number of carbonyl (C=O) groups excluding carboxylic acids is 1. The minimum Gasteiger partial charge on any atom is -0.461 e. The minimum absolute atomic E-state index is 0.110. The Morgan fingerprint density at radius 1 is 1.29 bits per heavy atom. The van der Waals surface area contributed by atoms with E-state index in [1.807, 2.05) is 0 Å². The summed E-state index contributed by atoms with van der Waals surface area (Å²) in [6.45, 7) is 1.12. The highest BCUT2D eigenvalue weighted by molar-refractivity contribution is 5.86. The van der Waals surface area contributed by atoms with Crippen LogP contribution in [0.3, 0.4) is 0 Å². The van der Waals surface area contributed by atoms with E-state index in [2.05, 4.69) is 9.84 Å². The molecular weight excluding hydrogens is 289 g/mol. The smallest absolute Gasteiger partial charge is 0.356 e. The van der Waals surface area contributed by atoms with Crippen LogP contribution in [0.5, 0.6) is 0 Å². The molecule has 1 aromatic heterocycles. The number of hydrogen-bond acceptors (Lipinski definition) is 3. The van der Waals surface area contributed by atoms with Crippen molar-refractivity contribution in [2.24, 2.45) is 0 Å². The number of nitrogens with one attached hydrogen (secondary N) is 1. The molecule has 21 heavy (non-hydrogen) atoms. The Bertz CT molecular complexity index is 737. The van der Waals surface area contributed by atoms with Gasteiger partial charge in [0.25, 0.3) is 5.56 Å². The summed E-state index contributed by atoms with van der Waals surface area (Å²) >= 11 is 0. The van der Waals surface area contributed by atoms with Crippen LogP contribution in [0.15, 0.2) is 23.0 Å². The lowest BCUT2D eigenvalue weighted by atomic mass is 10.2. The van der Waals surface area contributed by atoms with Gasteiger partial charge >= 0.3 is 5.97 Å². The molecule has 1 aromatic carbocycles. The van der Waals surface area contributed by atoms with Gasteiger partial charge in [0.05, 0.1) is 13.2 Å². The predicted molar refractivity (Wildman–Crippen MR) is 66.4 cm³/mol.